The zero-order valence-corrected chi connectivity index (χ0v) is 15.8. The first-order chi connectivity index (χ1) is 12.0. The van der Waals surface area contributed by atoms with Crippen LogP contribution in [-0.4, -0.2) is 46.5 Å². The standard InChI is InChI=1S/C19H25ClN4O/c1-14(2)18-21-8-9-24(18)15(3)19(25)23-12-10-22(11-13-23)17-7-5-4-6-16(17)20/h4-9,14-15H,10-13H2,1-3H3. The fraction of sp³-hybridized carbons (Fsp3) is 0.474. The van der Waals surface area contributed by atoms with E-state index in [0.29, 0.717) is 19.0 Å². The van der Waals surface area contributed by atoms with Gasteiger partial charge in [0.1, 0.15) is 11.9 Å². The molecule has 6 heteroatoms. The summed E-state index contributed by atoms with van der Waals surface area (Å²) in [5, 5.41) is 0.760. The summed E-state index contributed by atoms with van der Waals surface area (Å²) in [6, 6.07) is 7.64. The second-order valence-electron chi connectivity index (χ2n) is 6.79. The number of rotatable bonds is 4. The molecule has 0 N–H and O–H groups in total. The summed E-state index contributed by atoms with van der Waals surface area (Å²) in [4.78, 5) is 21.5. The molecule has 0 aliphatic carbocycles. The SMILES string of the molecule is CC(C)c1nccn1C(C)C(=O)N1CCN(c2ccccc2Cl)CC1. The molecule has 1 fully saturated rings. The third-order valence-corrected chi connectivity index (χ3v) is 5.09. The summed E-state index contributed by atoms with van der Waals surface area (Å²) in [6.07, 6.45) is 3.67. The molecule has 2 aromatic rings. The number of hydrogen-bond acceptors (Lipinski definition) is 3. The number of hydrogen-bond donors (Lipinski definition) is 0. The fourth-order valence-corrected chi connectivity index (χ4v) is 3.61. The second-order valence-corrected chi connectivity index (χ2v) is 7.19. The van der Waals surface area contributed by atoms with Crippen molar-refractivity contribution in [3.63, 3.8) is 0 Å². The number of piperazine rings is 1. The number of carbonyl (C=O) groups is 1. The molecule has 1 aliphatic rings. The van der Waals surface area contributed by atoms with Crippen LogP contribution in [-0.2, 0) is 4.79 Å². The van der Waals surface area contributed by atoms with E-state index < -0.39 is 0 Å². The number of para-hydroxylation sites is 1. The molecule has 2 heterocycles. The van der Waals surface area contributed by atoms with E-state index in [2.05, 4.69) is 23.7 Å². The molecule has 0 radical (unpaired) electrons. The first-order valence-electron chi connectivity index (χ1n) is 8.80. The molecule has 3 rings (SSSR count). The Bertz CT molecular complexity index is 735. The first-order valence-corrected chi connectivity index (χ1v) is 9.18. The van der Waals surface area contributed by atoms with Gasteiger partial charge in [-0.1, -0.05) is 37.6 Å². The Balaban J connectivity index is 1.65. The highest BCUT2D eigenvalue weighted by atomic mass is 35.5. The van der Waals surface area contributed by atoms with E-state index >= 15 is 0 Å². The molecule has 1 amide bonds. The second kappa shape index (κ2) is 7.48. The minimum Gasteiger partial charge on any atom is -0.367 e. The topological polar surface area (TPSA) is 41.4 Å². The van der Waals surface area contributed by atoms with Crippen molar-refractivity contribution in [2.24, 2.45) is 0 Å². The van der Waals surface area contributed by atoms with Crippen LogP contribution < -0.4 is 4.90 Å². The van der Waals surface area contributed by atoms with Gasteiger partial charge in [0.25, 0.3) is 0 Å². The van der Waals surface area contributed by atoms with Gasteiger partial charge in [-0.05, 0) is 19.1 Å². The number of amides is 1. The van der Waals surface area contributed by atoms with Crippen LogP contribution in [0.3, 0.4) is 0 Å². The highest BCUT2D eigenvalue weighted by Crippen LogP contribution is 2.26. The average Bonchev–Trinajstić information content (AvgIpc) is 3.11. The number of carbonyl (C=O) groups excluding carboxylic acids is 1. The third-order valence-electron chi connectivity index (χ3n) is 4.77. The number of nitrogens with zero attached hydrogens (tertiary/aromatic N) is 4. The van der Waals surface area contributed by atoms with Gasteiger partial charge in [0.2, 0.25) is 5.91 Å². The summed E-state index contributed by atoms with van der Waals surface area (Å²) in [5.74, 6) is 1.40. The largest absolute Gasteiger partial charge is 0.367 e. The predicted molar refractivity (Wildman–Crippen MR) is 101 cm³/mol. The van der Waals surface area contributed by atoms with Gasteiger partial charge in [-0.25, -0.2) is 4.98 Å². The molecule has 134 valence electrons. The van der Waals surface area contributed by atoms with Crippen LogP contribution >= 0.6 is 11.6 Å². The fourth-order valence-electron chi connectivity index (χ4n) is 3.36. The lowest BCUT2D eigenvalue weighted by Gasteiger charge is -2.37. The van der Waals surface area contributed by atoms with Crippen molar-refractivity contribution >= 4 is 23.2 Å². The summed E-state index contributed by atoms with van der Waals surface area (Å²) in [5.41, 5.74) is 1.04. The van der Waals surface area contributed by atoms with Crippen LogP contribution in [0.2, 0.25) is 5.02 Å². The molecular formula is C19H25ClN4O. The molecule has 1 aromatic heterocycles. The molecule has 5 nitrogen and oxygen atoms in total. The Morgan fingerprint density at radius 1 is 1.12 bits per heavy atom. The smallest absolute Gasteiger partial charge is 0.245 e. The normalized spacial score (nSPS) is 16.4. The molecular weight excluding hydrogens is 336 g/mol. The highest BCUT2D eigenvalue weighted by Gasteiger charge is 2.27. The van der Waals surface area contributed by atoms with Crippen molar-refractivity contribution in [1.29, 1.82) is 0 Å². The predicted octanol–water partition coefficient (Wildman–Crippen LogP) is 3.57. The van der Waals surface area contributed by atoms with Crippen molar-refractivity contribution in [1.82, 2.24) is 14.5 Å². The Morgan fingerprint density at radius 2 is 1.80 bits per heavy atom. The number of aromatic nitrogens is 2. The van der Waals surface area contributed by atoms with Gasteiger partial charge in [-0.3, -0.25) is 4.79 Å². The van der Waals surface area contributed by atoms with Crippen LogP contribution in [0.5, 0.6) is 0 Å². The van der Waals surface area contributed by atoms with Crippen LogP contribution in [0.25, 0.3) is 0 Å². The maximum atomic E-state index is 12.9. The number of halogens is 1. The van der Waals surface area contributed by atoms with E-state index in [1.165, 1.54) is 0 Å². The number of anilines is 1. The molecule has 0 saturated carbocycles. The number of benzene rings is 1. The molecule has 1 aliphatic heterocycles. The van der Waals surface area contributed by atoms with E-state index in [-0.39, 0.29) is 11.9 Å². The van der Waals surface area contributed by atoms with Crippen molar-refractivity contribution in [2.45, 2.75) is 32.7 Å². The van der Waals surface area contributed by atoms with Gasteiger partial charge in [0, 0.05) is 44.5 Å². The molecule has 0 bridgehead atoms. The van der Waals surface area contributed by atoms with Gasteiger partial charge in [0.05, 0.1) is 10.7 Å². The lowest BCUT2D eigenvalue weighted by Crippen LogP contribution is -2.50. The minimum absolute atomic E-state index is 0.152. The first kappa shape index (κ1) is 17.8. The van der Waals surface area contributed by atoms with Crippen LogP contribution in [0.15, 0.2) is 36.7 Å². The third kappa shape index (κ3) is 3.66. The lowest BCUT2D eigenvalue weighted by molar-refractivity contribution is -0.134. The van der Waals surface area contributed by atoms with E-state index in [0.717, 1.165) is 29.6 Å². The summed E-state index contributed by atoms with van der Waals surface area (Å²) < 4.78 is 1.99. The van der Waals surface area contributed by atoms with Crippen molar-refractivity contribution in [3.05, 3.63) is 47.5 Å². The van der Waals surface area contributed by atoms with E-state index in [4.69, 9.17) is 11.6 Å². The van der Waals surface area contributed by atoms with Gasteiger partial charge in [0.15, 0.2) is 0 Å². The molecule has 1 aromatic carbocycles. The molecule has 1 unspecified atom stereocenters. The Morgan fingerprint density at radius 3 is 2.44 bits per heavy atom. The van der Waals surface area contributed by atoms with E-state index in [9.17, 15) is 4.79 Å². The molecule has 0 spiro atoms. The average molecular weight is 361 g/mol. The van der Waals surface area contributed by atoms with Gasteiger partial charge in [-0.2, -0.15) is 0 Å². The molecule has 1 atom stereocenters. The summed E-state index contributed by atoms with van der Waals surface area (Å²) in [6.45, 7) is 9.15. The van der Waals surface area contributed by atoms with Gasteiger partial charge >= 0.3 is 0 Å². The monoisotopic (exact) mass is 360 g/mol. The Labute approximate surface area is 154 Å². The highest BCUT2D eigenvalue weighted by molar-refractivity contribution is 6.33. The van der Waals surface area contributed by atoms with Crippen LogP contribution in [0.4, 0.5) is 5.69 Å². The maximum absolute atomic E-state index is 12.9. The Hall–Kier alpha value is -2.01. The molecule has 25 heavy (non-hydrogen) atoms. The quantitative estimate of drug-likeness (QED) is 0.837. The van der Waals surface area contributed by atoms with Crippen molar-refractivity contribution in [2.75, 3.05) is 31.1 Å². The minimum atomic E-state index is -0.230. The lowest BCUT2D eigenvalue weighted by atomic mass is 10.1. The number of imidazole rings is 1. The maximum Gasteiger partial charge on any atom is 0.245 e. The summed E-state index contributed by atoms with van der Waals surface area (Å²) in [7, 11) is 0. The van der Waals surface area contributed by atoms with Crippen molar-refractivity contribution < 1.29 is 4.79 Å². The van der Waals surface area contributed by atoms with Crippen molar-refractivity contribution in [3.8, 4) is 0 Å². The Kier molecular flexibility index (Phi) is 5.33. The van der Waals surface area contributed by atoms with E-state index in [1.54, 1.807) is 6.20 Å². The summed E-state index contributed by atoms with van der Waals surface area (Å²) >= 11 is 6.29. The zero-order valence-electron chi connectivity index (χ0n) is 15.0. The van der Waals surface area contributed by atoms with Gasteiger partial charge < -0.3 is 14.4 Å². The van der Waals surface area contributed by atoms with Crippen LogP contribution in [0.1, 0.15) is 38.6 Å². The van der Waals surface area contributed by atoms with E-state index in [1.807, 2.05) is 46.9 Å². The molecule has 1 saturated heterocycles. The van der Waals surface area contributed by atoms with Crippen LogP contribution in [0, 0.1) is 0 Å². The zero-order chi connectivity index (χ0) is 18.0. The van der Waals surface area contributed by atoms with Gasteiger partial charge in [-0.15, -0.1) is 0 Å².